The fourth-order valence-electron chi connectivity index (χ4n) is 3.41. The summed E-state index contributed by atoms with van der Waals surface area (Å²) in [6.45, 7) is 7.61. The van der Waals surface area contributed by atoms with E-state index in [1.165, 1.54) is 23.1 Å². The molecule has 0 radical (unpaired) electrons. The van der Waals surface area contributed by atoms with E-state index in [1.807, 2.05) is 32.9 Å². The number of benzene rings is 3. The summed E-state index contributed by atoms with van der Waals surface area (Å²) in [4.78, 5) is 25.7. The highest BCUT2D eigenvalue weighted by Gasteiger charge is 2.30. The van der Waals surface area contributed by atoms with Crippen molar-refractivity contribution in [3.8, 4) is 5.75 Å². The number of carbonyl (C=O) groups excluding carboxylic acids is 1. The van der Waals surface area contributed by atoms with Crippen LogP contribution in [0.25, 0.3) is 0 Å². The second-order valence-electron chi connectivity index (χ2n) is 8.27. The fourth-order valence-corrected chi connectivity index (χ4v) is 3.67. The third-order valence-corrected chi connectivity index (χ3v) is 5.31. The van der Waals surface area contributed by atoms with Crippen molar-refractivity contribution in [2.75, 3.05) is 4.90 Å². The summed E-state index contributed by atoms with van der Waals surface area (Å²) < 4.78 is 0. The minimum absolute atomic E-state index is 0.0514. The number of non-ortho nitro benzene ring substituents is 1. The lowest BCUT2D eigenvalue weighted by atomic mass is 9.84. The van der Waals surface area contributed by atoms with E-state index in [4.69, 9.17) is 11.6 Å². The van der Waals surface area contributed by atoms with Crippen molar-refractivity contribution in [1.82, 2.24) is 0 Å². The lowest BCUT2D eigenvalue weighted by Gasteiger charge is -2.27. The molecule has 0 unspecified atom stereocenters. The molecule has 0 bridgehead atoms. The van der Waals surface area contributed by atoms with Gasteiger partial charge in [0.15, 0.2) is 0 Å². The molecular formula is C24H23ClN2O4. The first-order chi connectivity index (χ1) is 14.5. The predicted molar refractivity (Wildman–Crippen MR) is 123 cm³/mol. The van der Waals surface area contributed by atoms with Gasteiger partial charge in [-0.25, -0.2) is 0 Å². The number of anilines is 2. The number of phenolic OH excluding ortho intramolecular Hbond substituents is 1. The molecule has 160 valence electrons. The molecule has 0 spiro atoms. The number of rotatable bonds is 4. The van der Waals surface area contributed by atoms with Gasteiger partial charge in [0.1, 0.15) is 5.75 Å². The van der Waals surface area contributed by atoms with Crippen LogP contribution in [0.5, 0.6) is 5.75 Å². The number of phenols is 1. The van der Waals surface area contributed by atoms with Crippen LogP contribution in [0.15, 0.2) is 60.7 Å². The van der Waals surface area contributed by atoms with Crippen molar-refractivity contribution in [2.45, 2.75) is 33.1 Å². The molecule has 3 rings (SSSR count). The molecule has 0 saturated carbocycles. The van der Waals surface area contributed by atoms with Gasteiger partial charge in [-0.15, -0.1) is 0 Å². The SMILES string of the molecule is Cc1ccc(C(C)(C)C)c(O)c1C(=O)N(c1ccccc1)c1ccc([N+](=O)[O-])cc1Cl. The second kappa shape index (κ2) is 8.40. The standard InChI is InChI=1S/C24H23ClN2O4/c1-15-10-12-18(24(2,3)4)22(28)21(15)23(29)26(16-8-6-5-7-9-16)20-13-11-17(27(30)31)14-19(20)25/h5-14,28H,1-4H3. The first-order valence-electron chi connectivity index (χ1n) is 9.69. The van der Waals surface area contributed by atoms with Crippen LogP contribution in [0.1, 0.15) is 42.3 Å². The molecule has 0 atom stereocenters. The number of hydrogen-bond donors (Lipinski definition) is 1. The zero-order chi connectivity index (χ0) is 22.9. The molecule has 0 aliphatic rings. The van der Waals surface area contributed by atoms with E-state index in [9.17, 15) is 20.0 Å². The Morgan fingerprint density at radius 1 is 1.06 bits per heavy atom. The summed E-state index contributed by atoms with van der Waals surface area (Å²) in [5.74, 6) is -0.570. The van der Waals surface area contributed by atoms with E-state index in [-0.39, 0.29) is 33.1 Å². The molecule has 1 amide bonds. The minimum atomic E-state index is -0.548. The van der Waals surface area contributed by atoms with Gasteiger partial charge in [0.2, 0.25) is 0 Å². The highest BCUT2D eigenvalue weighted by atomic mass is 35.5. The summed E-state index contributed by atoms with van der Waals surface area (Å²) in [6.07, 6.45) is 0. The fraction of sp³-hybridized carbons (Fsp3) is 0.208. The number of aryl methyl sites for hydroxylation is 1. The molecule has 0 aromatic heterocycles. The van der Waals surface area contributed by atoms with E-state index in [1.54, 1.807) is 37.3 Å². The van der Waals surface area contributed by atoms with Crippen molar-refractivity contribution < 1.29 is 14.8 Å². The molecule has 0 fully saturated rings. The Labute approximate surface area is 185 Å². The van der Waals surface area contributed by atoms with E-state index in [2.05, 4.69) is 0 Å². The van der Waals surface area contributed by atoms with Crippen LogP contribution in [-0.4, -0.2) is 15.9 Å². The van der Waals surface area contributed by atoms with Gasteiger partial charge in [-0.1, -0.05) is 62.7 Å². The van der Waals surface area contributed by atoms with Crippen molar-refractivity contribution in [1.29, 1.82) is 0 Å². The van der Waals surface area contributed by atoms with Crippen LogP contribution in [0.2, 0.25) is 5.02 Å². The van der Waals surface area contributed by atoms with Crippen LogP contribution in [0, 0.1) is 17.0 Å². The average molecular weight is 439 g/mol. The van der Waals surface area contributed by atoms with Gasteiger partial charge in [0.25, 0.3) is 11.6 Å². The van der Waals surface area contributed by atoms with Crippen LogP contribution >= 0.6 is 11.6 Å². The lowest BCUT2D eigenvalue weighted by Crippen LogP contribution is -2.28. The van der Waals surface area contributed by atoms with Gasteiger partial charge in [0.05, 0.1) is 21.2 Å². The first-order valence-corrected chi connectivity index (χ1v) is 10.1. The van der Waals surface area contributed by atoms with Gasteiger partial charge < -0.3 is 5.11 Å². The van der Waals surface area contributed by atoms with Gasteiger partial charge in [0, 0.05) is 23.4 Å². The van der Waals surface area contributed by atoms with E-state index in [0.29, 0.717) is 16.8 Å². The molecule has 0 saturated heterocycles. The summed E-state index contributed by atoms with van der Waals surface area (Å²) in [5, 5.41) is 22.2. The Hall–Kier alpha value is -3.38. The van der Waals surface area contributed by atoms with Gasteiger partial charge in [-0.2, -0.15) is 0 Å². The maximum Gasteiger partial charge on any atom is 0.271 e. The second-order valence-corrected chi connectivity index (χ2v) is 8.68. The summed E-state index contributed by atoms with van der Waals surface area (Å²) >= 11 is 6.37. The van der Waals surface area contributed by atoms with Crippen LogP contribution in [0.3, 0.4) is 0 Å². The Morgan fingerprint density at radius 2 is 1.71 bits per heavy atom. The number of hydrogen-bond acceptors (Lipinski definition) is 4. The predicted octanol–water partition coefficient (Wildman–Crippen LogP) is 6.54. The number of aromatic hydroxyl groups is 1. The zero-order valence-corrected chi connectivity index (χ0v) is 18.5. The normalized spacial score (nSPS) is 11.3. The molecule has 0 aliphatic carbocycles. The summed E-state index contributed by atoms with van der Waals surface area (Å²) in [5.41, 5.74) is 1.65. The molecule has 7 heteroatoms. The van der Waals surface area contributed by atoms with E-state index >= 15 is 0 Å². The Kier molecular flexibility index (Phi) is 6.04. The first kappa shape index (κ1) is 22.3. The highest BCUT2D eigenvalue weighted by Crippen LogP contribution is 2.40. The molecule has 31 heavy (non-hydrogen) atoms. The Bertz CT molecular complexity index is 1150. The van der Waals surface area contributed by atoms with Crippen LogP contribution in [0.4, 0.5) is 17.1 Å². The van der Waals surface area contributed by atoms with E-state index in [0.717, 1.165) is 0 Å². The Balaban J connectivity index is 2.24. The lowest BCUT2D eigenvalue weighted by molar-refractivity contribution is -0.384. The third kappa shape index (κ3) is 4.39. The monoisotopic (exact) mass is 438 g/mol. The minimum Gasteiger partial charge on any atom is -0.507 e. The highest BCUT2D eigenvalue weighted by molar-refractivity contribution is 6.34. The smallest absolute Gasteiger partial charge is 0.271 e. The average Bonchev–Trinajstić information content (AvgIpc) is 2.69. The molecule has 6 nitrogen and oxygen atoms in total. The van der Waals surface area contributed by atoms with Crippen molar-refractivity contribution in [2.24, 2.45) is 0 Å². The number of halogens is 1. The topological polar surface area (TPSA) is 83.7 Å². The zero-order valence-electron chi connectivity index (χ0n) is 17.7. The maximum absolute atomic E-state index is 13.8. The van der Waals surface area contributed by atoms with Gasteiger partial charge >= 0.3 is 0 Å². The van der Waals surface area contributed by atoms with Crippen molar-refractivity contribution in [3.05, 3.63) is 92.5 Å². The molecule has 0 heterocycles. The molecule has 0 aliphatic heterocycles. The number of carbonyl (C=O) groups is 1. The molecule has 3 aromatic rings. The molecular weight excluding hydrogens is 416 g/mol. The van der Waals surface area contributed by atoms with Crippen molar-refractivity contribution >= 4 is 34.6 Å². The number of nitro benzene ring substituents is 1. The number of amides is 1. The van der Waals surface area contributed by atoms with Gasteiger partial charge in [-0.3, -0.25) is 19.8 Å². The largest absolute Gasteiger partial charge is 0.507 e. The number of nitrogens with zero attached hydrogens (tertiary/aromatic N) is 2. The van der Waals surface area contributed by atoms with Crippen LogP contribution < -0.4 is 4.90 Å². The summed E-state index contributed by atoms with van der Waals surface area (Å²) in [7, 11) is 0. The third-order valence-electron chi connectivity index (χ3n) is 5.01. The maximum atomic E-state index is 13.8. The van der Waals surface area contributed by atoms with Crippen LogP contribution in [-0.2, 0) is 5.41 Å². The molecule has 3 aromatic carbocycles. The number of nitro groups is 1. The molecule has 1 N–H and O–H groups in total. The Morgan fingerprint density at radius 3 is 2.26 bits per heavy atom. The quantitative estimate of drug-likeness (QED) is 0.370. The number of para-hydroxylation sites is 1. The van der Waals surface area contributed by atoms with Crippen molar-refractivity contribution in [3.63, 3.8) is 0 Å². The summed E-state index contributed by atoms with van der Waals surface area (Å²) in [6, 6.07) is 16.4. The van der Waals surface area contributed by atoms with Gasteiger partial charge in [-0.05, 0) is 36.1 Å². The van der Waals surface area contributed by atoms with E-state index < -0.39 is 10.8 Å².